The summed E-state index contributed by atoms with van der Waals surface area (Å²) in [5.41, 5.74) is 1.88. The smallest absolute Gasteiger partial charge is 0.137 e. The van der Waals surface area contributed by atoms with Gasteiger partial charge in [-0.3, -0.25) is 4.99 Å². The molecule has 0 fully saturated rings. The molecule has 150 valence electrons. The van der Waals surface area contributed by atoms with Crippen LogP contribution in [-0.2, 0) is 12.0 Å². The predicted octanol–water partition coefficient (Wildman–Crippen LogP) is 5.33. The highest BCUT2D eigenvalue weighted by molar-refractivity contribution is 5.84. The van der Waals surface area contributed by atoms with Crippen LogP contribution in [-0.4, -0.2) is 22.5 Å². The second-order valence-electron chi connectivity index (χ2n) is 7.91. The van der Waals surface area contributed by atoms with Gasteiger partial charge in [0.05, 0.1) is 6.04 Å². The largest absolute Gasteiger partial charge is 0.507 e. The molecule has 0 radical (unpaired) electrons. The van der Waals surface area contributed by atoms with Gasteiger partial charge in [-0.25, -0.2) is 0 Å². The zero-order valence-corrected chi connectivity index (χ0v) is 17.3. The van der Waals surface area contributed by atoms with Crippen LogP contribution in [0.1, 0.15) is 43.0 Å². The molecule has 3 heteroatoms. The highest BCUT2D eigenvalue weighted by atomic mass is 16.3. The number of para-hydroxylation sites is 1. The summed E-state index contributed by atoms with van der Waals surface area (Å²) in [7, 11) is 0. The van der Waals surface area contributed by atoms with Crippen LogP contribution in [0.25, 0.3) is 0 Å². The second kappa shape index (κ2) is 9.06. The number of hydrogen-bond acceptors (Lipinski definition) is 3. The van der Waals surface area contributed by atoms with Gasteiger partial charge in [0.1, 0.15) is 11.4 Å². The summed E-state index contributed by atoms with van der Waals surface area (Å²) in [5, 5.41) is 22.4. The minimum atomic E-state index is -1.27. The minimum Gasteiger partial charge on any atom is -0.507 e. The Bertz CT molecular complexity index is 909. The van der Waals surface area contributed by atoms with Crippen LogP contribution in [0.5, 0.6) is 5.75 Å². The number of rotatable bonds is 7. The molecule has 0 aromatic heterocycles. The molecule has 0 aliphatic carbocycles. The molecule has 2 N–H and O–H groups in total. The van der Waals surface area contributed by atoms with Crippen molar-refractivity contribution in [2.75, 3.05) is 0 Å². The lowest BCUT2D eigenvalue weighted by atomic mass is 9.81. The summed E-state index contributed by atoms with van der Waals surface area (Å²) in [6.07, 6.45) is 2.47. The van der Waals surface area contributed by atoms with Gasteiger partial charge in [-0.05, 0) is 42.0 Å². The van der Waals surface area contributed by atoms with Crippen molar-refractivity contribution < 1.29 is 10.2 Å². The summed E-state index contributed by atoms with van der Waals surface area (Å²) in [4.78, 5) is 4.67. The average molecular weight is 388 g/mol. The summed E-state index contributed by atoms with van der Waals surface area (Å²) < 4.78 is 0. The standard InChI is InChI=1S/C26H29NO2/c1-19(2)17-21-11-10-12-22(25(21)28)18-27-20(3)26(29,23-13-6-4-7-14-23)24-15-8-5-9-16-24/h4-16,18-20,28-29H,17H2,1-3H3. The Morgan fingerprint density at radius 1 is 0.828 bits per heavy atom. The third-order valence-corrected chi connectivity index (χ3v) is 5.25. The van der Waals surface area contributed by atoms with E-state index in [1.807, 2.05) is 85.8 Å². The molecule has 1 atom stereocenters. The molecule has 29 heavy (non-hydrogen) atoms. The van der Waals surface area contributed by atoms with Crippen molar-refractivity contribution in [2.24, 2.45) is 10.9 Å². The Kier molecular flexibility index (Phi) is 6.50. The van der Waals surface area contributed by atoms with E-state index < -0.39 is 11.6 Å². The molecule has 0 bridgehead atoms. The number of benzene rings is 3. The Hall–Kier alpha value is -2.91. The molecule has 3 aromatic rings. The minimum absolute atomic E-state index is 0.264. The number of nitrogens with zero attached hydrogens (tertiary/aromatic N) is 1. The van der Waals surface area contributed by atoms with E-state index in [2.05, 4.69) is 18.8 Å². The molecule has 0 spiro atoms. The zero-order valence-electron chi connectivity index (χ0n) is 17.3. The Morgan fingerprint density at radius 3 is 1.90 bits per heavy atom. The van der Waals surface area contributed by atoms with Crippen molar-refractivity contribution in [3.63, 3.8) is 0 Å². The number of aliphatic hydroxyl groups is 1. The summed E-state index contributed by atoms with van der Waals surface area (Å²) in [5.74, 6) is 0.716. The number of phenolic OH excluding ortho intramolecular Hbond substituents is 1. The number of aliphatic imine (C=N–C) groups is 1. The fraction of sp³-hybridized carbons (Fsp3) is 0.269. The number of aromatic hydroxyl groups is 1. The van der Waals surface area contributed by atoms with Crippen molar-refractivity contribution >= 4 is 6.21 Å². The molecule has 0 amide bonds. The van der Waals surface area contributed by atoms with Gasteiger partial charge in [0.15, 0.2) is 0 Å². The monoisotopic (exact) mass is 387 g/mol. The lowest BCUT2D eigenvalue weighted by molar-refractivity contribution is 0.0589. The number of phenols is 1. The van der Waals surface area contributed by atoms with Gasteiger partial charge in [0.25, 0.3) is 0 Å². The Labute approximate surface area is 173 Å². The van der Waals surface area contributed by atoms with E-state index >= 15 is 0 Å². The van der Waals surface area contributed by atoms with Crippen molar-refractivity contribution in [3.8, 4) is 5.75 Å². The lowest BCUT2D eigenvalue weighted by Gasteiger charge is -2.33. The van der Waals surface area contributed by atoms with Gasteiger partial charge in [0, 0.05) is 11.8 Å². The van der Waals surface area contributed by atoms with E-state index in [0.717, 1.165) is 23.1 Å². The average Bonchev–Trinajstić information content (AvgIpc) is 2.74. The third kappa shape index (κ3) is 4.57. The third-order valence-electron chi connectivity index (χ3n) is 5.25. The maximum Gasteiger partial charge on any atom is 0.137 e. The molecule has 0 aliphatic rings. The summed E-state index contributed by atoms with van der Waals surface area (Å²) in [6, 6.07) is 24.5. The zero-order chi connectivity index (χ0) is 20.9. The normalized spacial score (nSPS) is 13.1. The first-order chi connectivity index (χ1) is 13.9. The summed E-state index contributed by atoms with van der Waals surface area (Å²) >= 11 is 0. The van der Waals surface area contributed by atoms with Crippen LogP contribution in [0.15, 0.2) is 83.9 Å². The molecular formula is C26H29NO2. The van der Waals surface area contributed by atoms with Crippen LogP contribution < -0.4 is 0 Å². The van der Waals surface area contributed by atoms with Crippen molar-refractivity contribution in [3.05, 3.63) is 101 Å². The van der Waals surface area contributed by atoms with Gasteiger partial charge in [-0.15, -0.1) is 0 Å². The van der Waals surface area contributed by atoms with Crippen LogP contribution >= 0.6 is 0 Å². The van der Waals surface area contributed by atoms with Crippen molar-refractivity contribution in [1.82, 2.24) is 0 Å². The first kappa shape index (κ1) is 20.8. The molecule has 0 saturated carbocycles. The van der Waals surface area contributed by atoms with E-state index in [9.17, 15) is 10.2 Å². The van der Waals surface area contributed by atoms with Gasteiger partial charge in [-0.2, -0.15) is 0 Å². The topological polar surface area (TPSA) is 52.8 Å². The first-order valence-corrected chi connectivity index (χ1v) is 10.1. The van der Waals surface area contributed by atoms with Gasteiger partial charge >= 0.3 is 0 Å². The molecule has 3 aromatic carbocycles. The van der Waals surface area contributed by atoms with E-state index in [4.69, 9.17) is 0 Å². The maximum atomic E-state index is 11.8. The van der Waals surface area contributed by atoms with Gasteiger partial charge < -0.3 is 10.2 Å². The molecule has 3 nitrogen and oxygen atoms in total. The summed E-state index contributed by atoms with van der Waals surface area (Å²) in [6.45, 7) is 6.15. The molecule has 0 heterocycles. The van der Waals surface area contributed by atoms with Crippen LogP contribution in [0.3, 0.4) is 0 Å². The van der Waals surface area contributed by atoms with Crippen LogP contribution in [0.4, 0.5) is 0 Å². The molecule has 0 aliphatic heterocycles. The van der Waals surface area contributed by atoms with E-state index in [1.165, 1.54) is 0 Å². The fourth-order valence-corrected chi connectivity index (χ4v) is 3.65. The first-order valence-electron chi connectivity index (χ1n) is 10.1. The maximum absolute atomic E-state index is 11.8. The highest BCUT2D eigenvalue weighted by Gasteiger charge is 2.37. The highest BCUT2D eigenvalue weighted by Crippen LogP contribution is 2.35. The Balaban J connectivity index is 1.97. The lowest BCUT2D eigenvalue weighted by Crippen LogP contribution is -2.38. The van der Waals surface area contributed by atoms with Gasteiger partial charge in [-0.1, -0.05) is 86.6 Å². The fourth-order valence-electron chi connectivity index (χ4n) is 3.65. The van der Waals surface area contributed by atoms with Crippen LogP contribution in [0, 0.1) is 5.92 Å². The molecular weight excluding hydrogens is 358 g/mol. The quantitative estimate of drug-likeness (QED) is 0.538. The second-order valence-corrected chi connectivity index (χ2v) is 7.91. The van der Waals surface area contributed by atoms with E-state index in [0.29, 0.717) is 11.5 Å². The van der Waals surface area contributed by atoms with E-state index in [-0.39, 0.29) is 5.75 Å². The van der Waals surface area contributed by atoms with Crippen molar-refractivity contribution in [2.45, 2.75) is 38.8 Å². The van der Waals surface area contributed by atoms with Crippen LogP contribution in [0.2, 0.25) is 0 Å². The molecule has 3 rings (SSSR count). The van der Waals surface area contributed by atoms with Gasteiger partial charge in [0.2, 0.25) is 0 Å². The van der Waals surface area contributed by atoms with Crippen molar-refractivity contribution in [1.29, 1.82) is 0 Å². The number of hydrogen-bond donors (Lipinski definition) is 2. The SMILES string of the molecule is CC(C)Cc1cccc(C=NC(C)C(O)(c2ccccc2)c2ccccc2)c1O. The Morgan fingerprint density at radius 2 is 1.38 bits per heavy atom. The van der Waals surface area contributed by atoms with E-state index in [1.54, 1.807) is 6.21 Å². The molecule has 1 unspecified atom stereocenters. The molecule has 0 saturated heterocycles. The predicted molar refractivity (Wildman–Crippen MR) is 120 cm³/mol.